The van der Waals surface area contributed by atoms with Crippen molar-refractivity contribution in [2.24, 2.45) is 11.7 Å². The Hall–Kier alpha value is -0.280. The largest absolute Gasteiger partial charge is 0.355 e. The number of nitrogens with two attached hydrogens (primary N) is 1. The first-order valence-corrected chi connectivity index (χ1v) is 6.12. The summed E-state index contributed by atoms with van der Waals surface area (Å²) in [6.45, 7) is 5.17. The van der Waals surface area contributed by atoms with E-state index in [2.05, 4.69) is 19.2 Å². The van der Waals surface area contributed by atoms with Gasteiger partial charge in [-0.2, -0.15) is 0 Å². The summed E-state index contributed by atoms with van der Waals surface area (Å²) < 4.78 is 0. The lowest BCUT2D eigenvalue weighted by Gasteiger charge is -2.22. The maximum Gasteiger partial charge on any atom is 0.240 e. The van der Waals surface area contributed by atoms with Gasteiger partial charge in [0.25, 0.3) is 0 Å². The van der Waals surface area contributed by atoms with Crippen molar-refractivity contribution < 1.29 is 4.79 Å². The Bertz CT molecular complexity index is 213. The van der Waals surface area contributed by atoms with Crippen LogP contribution >= 0.6 is 12.4 Å². The maximum atomic E-state index is 11.8. The molecule has 0 aromatic carbocycles. The number of nitrogens with one attached hydrogen (secondary N) is 1. The fraction of sp³-hybridized carbons (Fsp3) is 0.917. The van der Waals surface area contributed by atoms with Gasteiger partial charge in [-0.15, -0.1) is 12.4 Å². The van der Waals surface area contributed by atoms with E-state index in [4.69, 9.17) is 5.73 Å². The van der Waals surface area contributed by atoms with Crippen LogP contribution in [0.2, 0.25) is 0 Å². The second-order valence-corrected chi connectivity index (χ2v) is 5.16. The molecule has 1 aliphatic carbocycles. The van der Waals surface area contributed by atoms with Crippen molar-refractivity contribution >= 4 is 18.3 Å². The highest BCUT2D eigenvalue weighted by molar-refractivity contribution is 5.86. The standard InChI is InChI=1S/C12H24N2O.ClH/c1-10(2)6-5-9-14-11(15)12(13)7-3-4-8-12;/h10H,3-9,13H2,1-2H3,(H,14,15);1H. The molecule has 0 aliphatic heterocycles. The van der Waals surface area contributed by atoms with Crippen LogP contribution in [-0.2, 0) is 4.79 Å². The molecule has 0 spiro atoms. The van der Waals surface area contributed by atoms with E-state index in [1.165, 1.54) is 0 Å². The van der Waals surface area contributed by atoms with Crippen LogP contribution in [0.3, 0.4) is 0 Å². The van der Waals surface area contributed by atoms with Gasteiger partial charge in [0, 0.05) is 6.54 Å². The first-order valence-electron chi connectivity index (χ1n) is 6.12. The van der Waals surface area contributed by atoms with Crippen LogP contribution in [0.15, 0.2) is 0 Å². The van der Waals surface area contributed by atoms with E-state index in [0.29, 0.717) is 5.92 Å². The zero-order chi connectivity index (χ0) is 11.3. The third-order valence-electron chi connectivity index (χ3n) is 3.19. The molecule has 3 nitrogen and oxygen atoms in total. The lowest BCUT2D eigenvalue weighted by molar-refractivity contribution is -0.126. The molecule has 0 atom stereocenters. The number of carbonyl (C=O) groups excluding carboxylic acids is 1. The normalized spacial score (nSPS) is 18.2. The minimum Gasteiger partial charge on any atom is -0.355 e. The van der Waals surface area contributed by atoms with Crippen molar-refractivity contribution in [3.05, 3.63) is 0 Å². The molecule has 0 heterocycles. The van der Waals surface area contributed by atoms with Crippen LogP contribution in [0, 0.1) is 5.92 Å². The molecule has 1 aliphatic rings. The van der Waals surface area contributed by atoms with E-state index in [9.17, 15) is 4.79 Å². The number of rotatable bonds is 5. The Morgan fingerprint density at radius 2 is 1.94 bits per heavy atom. The summed E-state index contributed by atoms with van der Waals surface area (Å²) in [4.78, 5) is 11.8. The fourth-order valence-electron chi connectivity index (χ4n) is 2.12. The van der Waals surface area contributed by atoms with Crippen molar-refractivity contribution in [2.45, 2.75) is 57.9 Å². The molecule has 0 unspecified atom stereocenters. The minimum absolute atomic E-state index is 0. The smallest absolute Gasteiger partial charge is 0.240 e. The van der Waals surface area contributed by atoms with Crippen LogP contribution in [0.5, 0.6) is 0 Å². The summed E-state index contributed by atoms with van der Waals surface area (Å²) in [6.07, 6.45) is 6.11. The zero-order valence-corrected chi connectivity index (χ0v) is 11.2. The molecule has 96 valence electrons. The Morgan fingerprint density at radius 1 is 1.38 bits per heavy atom. The summed E-state index contributed by atoms with van der Waals surface area (Å²) in [5, 5.41) is 2.96. The van der Waals surface area contributed by atoms with Gasteiger partial charge in [-0.05, 0) is 31.6 Å². The molecule has 1 rings (SSSR count). The van der Waals surface area contributed by atoms with E-state index < -0.39 is 5.54 Å². The summed E-state index contributed by atoms with van der Waals surface area (Å²) in [6, 6.07) is 0. The van der Waals surface area contributed by atoms with Gasteiger partial charge in [0.2, 0.25) is 5.91 Å². The highest BCUT2D eigenvalue weighted by Gasteiger charge is 2.36. The molecule has 0 saturated heterocycles. The summed E-state index contributed by atoms with van der Waals surface area (Å²) in [5.74, 6) is 0.768. The molecule has 16 heavy (non-hydrogen) atoms. The average molecular weight is 249 g/mol. The van der Waals surface area contributed by atoms with Crippen LogP contribution in [0.4, 0.5) is 0 Å². The maximum absolute atomic E-state index is 11.8. The topological polar surface area (TPSA) is 55.1 Å². The van der Waals surface area contributed by atoms with Gasteiger partial charge < -0.3 is 11.1 Å². The van der Waals surface area contributed by atoms with Crippen molar-refractivity contribution in [2.75, 3.05) is 6.54 Å². The van der Waals surface area contributed by atoms with Gasteiger partial charge in [-0.1, -0.05) is 26.7 Å². The quantitative estimate of drug-likeness (QED) is 0.734. The van der Waals surface area contributed by atoms with Crippen molar-refractivity contribution in [3.8, 4) is 0 Å². The van der Waals surface area contributed by atoms with E-state index in [0.717, 1.165) is 45.1 Å². The second kappa shape index (κ2) is 7.13. The number of halogens is 1. The Morgan fingerprint density at radius 3 is 2.44 bits per heavy atom. The van der Waals surface area contributed by atoms with Crippen molar-refractivity contribution in [3.63, 3.8) is 0 Å². The molecule has 0 bridgehead atoms. The van der Waals surface area contributed by atoms with E-state index in [1.807, 2.05) is 0 Å². The predicted octanol–water partition coefficient (Wildman–Crippen LogP) is 2.23. The minimum atomic E-state index is -0.558. The summed E-state index contributed by atoms with van der Waals surface area (Å²) in [5.41, 5.74) is 5.47. The molecule has 1 amide bonds. The molecule has 1 fully saturated rings. The lowest BCUT2D eigenvalue weighted by atomic mass is 9.98. The predicted molar refractivity (Wildman–Crippen MR) is 69.7 cm³/mol. The van der Waals surface area contributed by atoms with Gasteiger partial charge in [0.1, 0.15) is 0 Å². The summed E-state index contributed by atoms with van der Waals surface area (Å²) >= 11 is 0. The first kappa shape index (κ1) is 15.7. The van der Waals surface area contributed by atoms with E-state index in [1.54, 1.807) is 0 Å². The average Bonchev–Trinajstić information content (AvgIpc) is 2.60. The van der Waals surface area contributed by atoms with E-state index >= 15 is 0 Å². The number of carbonyl (C=O) groups is 1. The Labute approximate surface area is 105 Å². The van der Waals surface area contributed by atoms with Crippen molar-refractivity contribution in [1.29, 1.82) is 0 Å². The summed E-state index contributed by atoms with van der Waals surface area (Å²) in [7, 11) is 0. The monoisotopic (exact) mass is 248 g/mol. The number of hydrogen-bond donors (Lipinski definition) is 2. The highest BCUT2D eigenvalue weighted by atomic mass is 35.5. The van der Waals surface area contributed by atoms with Crippen LogP contribution in [0.25, 0.3) is 0 Å². The second-order valence-electron chi connectivity index (χ2n) is 5.16. The molecular weight excluding hydrogens is 224 g/mol. The fourth-order valence-corrected chi connectivity index (χ4v) is 2.12. The van der Waals surface area contributed by atoms with Crippen LogP contribution < -0.4 is 11.1 Å². The number of amides is 1. The Balaban J connectivity index is 0.00000225. The van der Waals surface area contributed by atoms with E-state index in [-0.39, 0.29) is 18.3 Å². The molecule has 1 saturated carbocycles. The first-order chi connectivity index (χ1) is 7.04. The molecular formula is C12H25ClN2O. The third kappa shape index (κ3) is 4.71. The molecule has 0 radical (unpaired) electrons. The Kier molecular flexibility index (Phi) is 7.00. The van der Waals surface area contributed by atoms with Gasteiger partial charge in [-0.25, -0.2) is 0 Å². The van der Waals surface area contributed by atoms with Gasteiger partial charge in [-0.3, -0.25) is 4.79 Å². The van der Waals surface area contributed by atoms with Gasteiger partial charge >= 0.3 is 0 Å². The van der Waals surface area contributed by atoms with Crippen LogP contribution in [0.1, 0.15) is 52.4 Å². The van der Waals surface area contributed by atoms with Gasteiger partial charge in [0.05, 0.1) is 5.54 Å². The lowest BCUT2D eigenvalue weighted by Crippen LogP contribution is -2.52. The zero-order valence-electron chi connectivity index (χ0n) is 10.4. The SMILES string of the molecule is CC(C)CCCNC(=O)C1(N)CCCC1.Cl. The molecule has 0 aromatic heterocycles. The molecule has 3 N–H and O–H groups in total. The third-order valence-corrected chi connectivity index (χ3v) is 3.19. The highest BCUT2D eigenvalue weighted by Crippen LogP contribution is 2.27. The van der Waals surface area contributed by atoms with Crippen molar-refractivity contribution in [1.82, 2.24) is 5.32 Å². The molecule has 0 aromatic rings. The van der Waals surface area contributed by atoms with Gasteiger partial charge in [0.15, 0.2) is 0 Å². The van der Waals surface area contributed by atoms with Crippen LogP contribution in [-0.4, -0.2) is 18.0 Å². The molecule has 4 heteroatoms. The number of hydrogen-bond acceptors (Lipinski definition) is 2.